The molecule has 1 N–H and O–H groups in total. The third-order valence-corrected chi connectivity index (χ3v) is 3.93. The quantitative estimate of drug-likeness (QED) is 0.783. The van der Waals surface area contributed by atoms with Crippen molar-refractivity contribution in [1.29, 1.82) is 5.26 Å². The Balaban J connectivity index is 1.70. The fraction of sp³-hybridized carbons (Fsp3) is 0.588. The van der Waals surface area contributed by atoms with Gasteiger partial charge in [-0.2, -0.15) is 5.26 Å². The van der Waals surface area contributed by atoms with Crippen LogP contribution < -0.4 is 4.74 Å². The number of rotatable bonds is 7. The van der Waals surface area contributed by atoms with Gasteiger partial charge in [0.1, 0.15) is 5.75 Å². The van der Waals surface area contributed by atoms with Crippen molar-refractivity contribution in [2.45, 2.75) is 44.8 Å². The molecule has 4 nitrogen and oxygen atoms in total. The molecule has 21 heavy (non-hydrogen) atoms. The van der Waals surface area contributed by atoms with Gasteiger partial charge >= 0.3 is 0 Å². The molecule has 0 saturated carbocycles. The van der Waals surface area contributed by atoms with Crippen molar-refractivity contribution in [3.05, 3.63) is 29.8 Å². The number of hydrogen-bond donors (Lipinski definition) is 1. The molecule has 1 aliphatic heterocycles. The minimum atomic E-state index is -0.222. The lowest BCUT2D eigenvalue weighted by atomic mass is 10.1. The number of benzene rings is 1. The molecule has 0 amide bonds. The maximum atomic E-state index is 9.52. The molecule has 1 aromatic carbocycles. The van der Waals surface area contributed by atoms with Crippen molar-refractivity contribution in [2.24, 2.45) is 0 Å². The Bertz CT molecular complexity index is 482. The van der Waals surface area contributed by atoms with Gasteiger partial charge < -0.3 is 14.7 Å². The van der Waals surface area contributed by atoms with Crippen LogP contribution in [0.1, 0.15) is 38.2 Å². The van der Waals surface area contributed by atoms with Gasteiger partial charge in [-0.3, -0.25) is 0 Å². The van der Waals surface area contributed by atoms with E-state index in [0.717, 1.165) is 31.7 Å². The lowest BCUT2D eigenvalue weighted by Crippen LogP contribution is -2.33. The number of hydrogen-bond acceptors (Lipinski definition) is 4. The van der Waals surface area contributed by atoms with Gasteiger partial charge in [0, 0.05) is 12.6 Å². The van der Waals surface area contributed by atoms with Crippen LogP contribution in [0.2, 0.25) is 0 Å². The van der Waals surface area contributed by atoms with Gasteiger partial charge in [-0.1, -0.05) is 6.07 Å². The molecule has 2 atom stereocenters. The zero-order chi connectivity index (χ0) is 15.1. The summed E-state index contributed by atoms with van der Waals surface area (Å²) in [6.45, 7) is 4.66. The average molecular weight is 288 g/mol. The van der Waals surface area contributed by atoms with Gasteiger partial charge in [-0.05, 0) is 57.4 Å². The molecule has 0 aliphatic carbocycles. The van der Waals surface area contributed by atoms with Gasteiger partial charge in [0.15, 0.2) is 0 Å². The summed E-state index contributed by atoms with van der Waals surface area (Å²) in [7, 11) is 0. The van der Waals surface area contributed by atoms with Gasteiger partial charge in [-0.15, -0.1) is 0 Å². The zero-order valence-corrected chi connectivity index (χ0v) is 12.7. The first kappa shape index (κ1) is 15.8. The molecule has 1 saturated heterocycles. The third kappa shape index (κ3) is 5.04. The average Bonchev–Trinajstić information content (AvgIpc) is 2.90. The molecule has 2 rings (SSSR count). The molecule has 0 bridgehead atoms. The monoisotopic (exact) mass is 288 g/mol. The van der Waals surface area contributed by atoms with E-state index in [1.54, 1.807) is 12.1 Å². The van der Waals surface area contributed by atoms with Crippen molar-refractivity contribution < 1.29 is 9.84 Å². The number of likely N-dealkylation sites (tertiary alicyclic amines) is 1. The second-order valence-electron chi connectivity index (χ2n) is 5.76. The smallest absolute Gasteiger partial charge is 0.120 e. The van der Waals surface area contributed by atoms with E-state index in [4.69, 9.17) is 10.00 Å². The molecular formula is C17H24N2O2. The van der Waals surface area contributed by atoms with Crippen LogP contribution >= 0.6 is 0 Å². The maximum Gasteiger partial charge on any atom is 0.120 e. The lowest BCUT2D eigenvalue weighted by Gasteiger charge is -2.25. The molecule has 0 spiro atoms. The second-order valence-corrected chi connectivity index (χ2v) is 5.76. The third-order valence-electron chi connectivity index (χ3n) is 3.93. The highest BCUT2D eigenvalue weighted by atomic mass is 16.5. The van der Waals surface area contributed by atoms with Crippen molar-refractivity contribution in [3.63, 3.8) is 0 Å². The topological polar surface area (TPSA) is 56.5 Å². The Hall–Kier alpha value is -1.57. The predicted molar refractivity (Wildman–Crippen MR) is 82.2 cm³/mol. The summed E-state index contributed by atoms with van der Waals surface area (Å²) in [6.07, 6.45) is 4.02. The minimum Gasteiger partial charge on any atom is -0.494 e. The number of aliphatic hydroxyl groups excluding tert-OH is 1. The van der Waals surface area contributed by atoms with E-state index >= 15 is 0 Å². The second kappa shape index (κ2) is 8.02. The highest BCUT2D eigenvalue weighted by Crippen LogP contribution is 2.21. The first-order valence-corrected chi connectivity index (χ1v) is 7.74. The summed E-state index contributed by atoms with van der Waals surface area (Å²) in [6, 6.07) is 9.90. The number of nitrogens with zero attached hydrogens (tertiary/aromatic N) is 2. The van der Waals surface area contributed by atoms with Crippen LogP contribution in [0, 0.1) is 11.3 Å². The van der Waals surface area contributed by atoms with Crippen LogP contribution in [0.4, 0.5) is 0 Å². The van der Waals surface area contributed by atoms with Crippen LogP contribution in [-0.2, 0) is 0 Å². The first-order chi connectivity index (χ1) is 10.2. The molecule has 1 aliphatic rings. The molecule has 1 fully saturated rings. The number of ether oxygens (including phenoxy) is 1. The van der Waals surface area contributed by atoms with E-state index < -0.39 is 0 Å². The summed E-state index contributed by atoms with van der Waals surface area (Å²) in [5.41, 5.74) is 0.629. The molecule has 0 radical (unpaired) electrons. The summed E-state index contributed by atoms with van der Waals surface area (Å²) in [4.78, 5) is 2.46. The molecule has 1 heterocycles. The fourth-order valence-electron chi connectivity index (χ4n) is 2.96. The van der Waals surface area contributed by atoms with E-state index in [-0.39, 0.29) is 6.10 Å². The normalized spacial score (nSPS) is 20.1. The molecular weight excluding hydrogens is 264 g/mol. The summed E-state index contributed by atoms with van der Waals surface area (Å²) in [5.74, 6) is 0.760. The minimum absolute atomic E-state index is 0.222. The van der Waals surface area contributed by atoms with E-state index in [1.807, 2.05) is 19.1 Å². The molecule has 4 heteroatoms. The molecule has 114 valence electrons. The van der Waals surface area contributed by atoms with E-state index in [9.17, 15) is 5.11 Å². The van der Waals surface area contributed by atoms with Crippen LogP contribution in [0.25, 0.3) is 0 Å². The van der Waals surface area contributed by atoms with Crippen molar-refractivity contribution in [1.82, 2.24) is 4.90 Å². The zero-order valence-electron chi connectivity index (χ0n) is 12.7. The largest absolute Gasteiger partial charge is 0.494 e. The highest BCUT2D eigenvalue weighted by molar-refractivity contribution is 5.36. The maximum absolute atomic E-state index is 9.52. The Kier molecular flexibility index (Phi) is 6.04. The van der Waals surface area contributed by atoms with Crippen molar-refractivity contribution >= 4 is 0 Å². The van der Waals surface area contributed by atoms with Gasteiger partial charge in [0.25, 0.3) is 0 Å². The van der Waals surface area contributed by atoms with Crippen LogP contribution in [-0.4, -0.2) is 41.8 Å². The van der Waals surface area contributed by atoms with Crippen LogP contribution in [0.5, 0.6) is 5.75 Å². The molecule has 1 aromatic rings. The summed E-state index contributed by atoms with van der Waals surface area (Å²) >= 11 is 0. The lowest BCUT2D eigenvalue weighted by molar-refractivity contribution is 0.130. The SMILES string of the molecule is CC(O)CC1CCCN1CCCOc1cccc(C#N)c1. The van der Waals surface area contributed by atoms with E-state index in [2.05, 4.69) is 11.0 Å². The number of aliphatic hydroxyl groups is 1. The summed E-state index contributed by atoms with van der Waals surface area (Å²) in [5, 5.41) is 18.4. The molecule has 2 unspecified atom stereocenters. The predicted octanol–water partition coefficient (Wildman–Crippen LogP) is 2.56. The van der Waals surface area contributed by atoms with Crippen LogP contribution in [0.3, 0.4) is 0 Å². The standard InChI is InChI=1S/C17H24N2O2/c1-14(20)11-16-6-3-8-19(16)9-4-10-21-17-7-2-5-15(12-17)13-18/h2,5,7,12,14,16,20H,3-4,6,8-11H2,1H3. The van der Waals surface area contributed by atoms with Crippen LogP contribution in [0.15, 0.2) is 24.3 Å². The Morgan fingerprint density at radius 2 is 2.38 bits per heavy atom. The highest BCUT2D eigenvalue weighted by Gasteiger charge is 2.24. The summed E-state index contributed by atoms with van der Waals surface area (Å²) < 4.78 is 5.70. The fourth-order valence-corrected chi connectivity index (χ4v) is 2.96. The Morgan fingerprint density at radius 1 is 1.52 bits per heavy atom. The Morgan fingerprint density at radius 3 is 3.14 bits per heavy atom. The molecule has 0 aromatic heterocycles. The van der Waals surface area contributed by atoms with E-state index in [0.29, 0.717) is 18.2 Å². The first-order valence-electron chi connectivity index (χ1n) is 7.74. The van der Waals surface area contributed by atoms with Gasteiger partial charge in [0.2, 0.25) is 0 Å². The van der Waals surface area contributed by atoms with Gasteiger partial charge in [-0.25, -0.2) is 0 Å². The number of nitriles is 1. The van der Waals surface area contributed by atoms with E-state index in [1.165, 1.54) is 12.8 Å². The van der Waals surface area contributed by atoms with Gasteiger partial charge in [0.05, 0.1) is 24.3 Å². The van der Waals surface area contributed by atoms with Crippen molar-refractivity contribution in [3.8, 4) is 11.8 Å². The Labute approximate surface area is 127 Å². The van der Waals surface area contributed by atoms with Crippen molar-refractivity contribution in [2.75, 3.05) is 19.7 Å².